The number of nitrogens with zero attached hydrogens (tertiary/aromatic N) is 2. The van der Waals surface area contributed by atoms with Crippen molar-refractivity contribution < 1.29 is 4.74 Å². The van der Waals surface area contributed by atoms with Gasteiger partial charge in [-0.3, -0.25) is 9.88 Å². The first-order chi connectivity index (χ1) is 9.23. The van der Waals surface area contributed by atoms with Crippen LogP contribution in [0.25, 0.3) is 0 Å². The molecule has 0 aromatic carbocycles. The fourth-order valence-electron chi connectivity index (χ4n) is 3.28. The third-order valence-electron chi connectivity index (χ3n) is 4.47. The molecule has 1 heterocycles. The maximum atomic E-state index is 6.12. The Hall–Kier alpha value is -0.970. The van der Waals surface area contributed by atoms with Crippen LogP contribution in [0, 0.1) is 0 Å². The van der Waals surface area contributed by atoms with Crippen LogP contribution in [0.4, 0.5) is 0 Å². The van der Waals surface area contributed by atoms with Crippen LogP contribution in [0.15, 0.2) is 24.5 Å². The van der Waals surface area contributed by atoms with Gasteiger partial charge in [0, 0.05) is 32.6 Å². The normalized spacial score (nSPS) is 27.7. The van der Waals surface area contributed by atoms with Gasteiger partial charge in [-0.2, -0.15) is 0 Å². The molecule has 2 unspecified atom stereocenters. The van der Waals surface area contributed by atoms with E-state index in [-0.39, 0.29) is 11.6 Å². The van der Waals surface area contributed by atoms with Gasteiger partial charge in [-0.25, -0.2) is 0 Å². The lowest BCUT2D eigenvalue weighted by Gasteiger charge is -2.48. The highest BCUT2D eigenvalue weighted by molar-refractivity contribution is 5.10. The van der Waals surface area contributed by atoms with Gasteiger partial charge in [-0.05, 0) is 31.5 Å². The Bertz CT molecular complexity index is 384. The number of aromatic nitrogens is 1. The Balaban J connectivity index is 2.15. The number of methoxy groups -OCH3 is 1. The van der Waals surface area contributed by atoms with E-state index in [1.54, 1.807) is 13.3 Å². The Morgan fingerprint density at radius 1 is 1.53 bits per heavy atom. The minimum atomic E-state index is -0.0388. The van der Waals surface area contributed by atoms with Crippen molar-refractivity contribution in [2.24, 2.45) is 5.73 Å². The van der Waals surface area contributed by atoms with Crippen molar-refractivity contribution in [1.29, 1.82) is 0 Å². The van der Waals surface area contributed by atoms with Crippen LogP contribution in [0.3, 0.4) is 0 Å². The van der Waals surface area contributed by atoms with Crippen molar-refractivity contribution in [3.05, 3.63) is 30.1 Å². The van der Waals surface area contributed by atoms with Gasteiger partial charge >= 0.3 is 0 Å². The molecule has 1 aliphatic rings. The third kappa shape index (κ3) is 2.96. The summed E-state index contributed by atoms with van der Waals surface area (Å²) in [4.78, 5) is 6.54. The summed E-state index contributed by atoms with van der Waals surface area (Å²) in [6.07, 6.45) is 8.64. The van der Waals surface area contributed by atoms with Gasteiger partial charge in [0.25, 0.3) is 0 Å². The zero-order chi connectivity index (χ0) is 13.7. The molecule has 1 saturated carbocycles. The van der Waals surface area contributed by atoms with E-state index < -0.39 is 0 Å². The summed E-state index contributed by atoms with van der Waals surface area (Å²) in [5, 5.41) is 0. The molecule has 2 rings (SSSR count). The molecule has 0 bridgehead atoms. The predicted molar refractivity (Wildman–Crippen MR) is 76.8 cm³/mol. The Morgan fingerprint density at radius 3 is 3.00 bits per heavy atom. The number of ether oxygens (including phenoxy) is 1. The molecule has 19 heavy (non-hydrogen) atoms. The standard InChI is InChI=1S/C15H25N3O/c1-18(11-13-6-5-9-17-10-13)15(12-16)8-4-3-7-14(15)19-2/h5-6,9-10,14H,3-4,7-8,11-12,16H2,1-2H3. The topological polar surface area (TPSA) is 51.4 Å². The molecule has 0 radical (unpaired) electrons. The second kappa shape index (κ2) is 6.46. The lowest BCUT2D eigenvalue weighted by molar-refractivity contribution is -0.0688. The molecular weight excluding hydrogens is 238 g/mol. The monoisotopic (exact) mass is 263 g/mol. The fourth-order valence-corrected chi connectivity index (χ4v) is 3.28. The molecule has 0 amide bonds. The first-order valence-corrected chi connectivity index (χ1v) is 7.06. The van der Waals surface area contributed by atoms with Crippen LogP contribution in [0.5, 0.6) is 0 Å². The van der Waals surface area contributed by atoms with Gasteiger partial charge in [-0.1, -0.05) is 18.9 Å². The summed E-state index contributed by atoms with van der Waals surface area (Å²) < 4.78 is 5.72. The minimum absolute atomic E-state index is 0.0388. The predicted octanol–water partition coefficient (Wildman–Crippen LogP) is 1.80. The van der Waals surface area contributed by atoms with Crippen LogP contribution < -0.4 is 5.73 Å². The van der Waals surface area contributed by atoms with E-state index in [4.69, 9.17) is 10.5 Å². The van der Waals surface area contributed by atoms with Crippen molar-refractivity contribution in [3.63, 3.8) is 0 Å². The highest BCUT2D eigenvalue weighted by Crippen LogP contribution is 2.35. The van der Waals surface area contributed by atoms with E-state index in [0.29, 0.717) is 6.54 Å². The van der Waals surface area contributed by atoms with Crippen LogP contribution in [0.2, 0.25) is 0 Å². The molecule has 106 valence electrons. The number of likely N-dealkylation sites (N-methyl/N-ethyl adjacent to an activating group) is 1. The average molecular weight is 263 g/mol. The molecule has 1 aromatic rings. The fraction of sp³-hybridized carbons (Fsp3) is 0.667. The summed E-state index contributed by atoms with van der Waals surface area (Å²) in [5.41, 5.74) is 7.30. The number of pyridine rings is 1. The summed E-state index contributed by atoms with van der Waals surface area (Å²) in [5.74, 6) is 0. The van der Waals surface area contributed by atoms with Crippen LogP contribution in [-0.2, 0) is 11.3 Å². The van der Waals surface area contributed by atoms with Crippen molar-refractivity contribution >= 4 is 0 Å². The zero-order valence-corrected chi connectivity index (χ0v) is 12.0. The molecule has 1 aromatic heterocycles. The molecule has 4 nitrogen and oxygen atoms in total. The second-order valence-corrected chi connectivity index (χ2v) is 5.50. The van der Waals surface area contributed by atoms with Gasteiger partial charge in [0.05, 0.1) is 11.6 Å². The number of hydrogen-bond donors (Lipinski definition) is 1. The van der Waals surface area contributed by atoms with Gasteiger partial charge in [0.2, 0.25) is 0 Å². The van der Waals surface area contributed by atoms with E-state index in [9.17, 15) is 0 Å². The largest absolute Gasteiger partial charge is 0.379 e. The molecule has 2 N–H and O–H groups in total. The van der Waals surface area contributed by atoms with Crippen molar-refractivity contribution in [2.45, 2.75) is 43.9 Å². The first-order valence-electron chi connectivity index (χ1n) is 7.06. The van der Waals surface area contributed by atoms with E-state index in [1.807, 2.05) is 12.3 Å². The molecule has 0 aliphatic heterocycles. The highest BCUT2D eigenvalue weighted by atomic mass is 16.5. The zero-order valence-electron chi connectivity index (χ0n) is 12.0. The Kier molecular flexibility index (Phi) is 4.91. The van der Waals surface area contributed by atoms with Crippen LogP contribution >= 0.6 is 0 Å². The average Bonchev–Trinajstić information content (AvgIpc) is 2.47. The lowest BCUT2D eigenvalue weighted by Crippen LogP contribution is -2.61. The molecule has 4 heteroatoms. The quantitative estimate of drug-likeness (QED) is 0.880. The lowest BCUT2D eigenvalue weighted by atomic mass is 9.77. The van der Waals surface area contributed by atoms with E-state index in [2.05, 4.69) is 23.0 Å². The van der Waals surface area contributed by atoms with Gasteiger partial charge in [0.15, 0.2) is 0 Å². The maximum absolute atomic E-state index is 6.12. The highest BCUT2D eigenvalue weighted by Gasteiger charge is 2.43. The van der Waals surface area contributed by atoms with Gasteiger partial charge in [0.1, 0.15) is 0 Å². The van der Waals surface area contributed by atoms with Gasteiger partial charge < -0.3 is 10.5 Å². The van der Waals surface area contributed by atoms with Crippen molar-refractivity contribution in [1.82, 2.24) is 9.88 Å². The SMILES string of the molecule is COC1CCCCC1(CN)N(C)Cc1cccnc1. The van der Waals surface area contributed by atoms with E-state index in [1.165, 1.54) is 18.4 Å². The number of hydrogen-bond acceptors (Lipinski definition) is 4. The summed E-state index contributed by atoms with van der Waals surface area (Å²) in [7, 11) is 3.95. The van der Waals surface area contributed by atoms with Gasteiger partial charge in [-0.15, -0.1) is 0 Å². The first kappa shape index (κ1) is 14.4. The van der Waals surface area contributed by atoms with E-state index in [0.717, 1.165) is 19.4 Å². The Morgan fingerprint density at radius 2 is 2.37 bits per heavy atom. The molecule has 0 spiro atoms. The summed E-state index contributed by atoms with van der Waals surface area (Å²) in [6.45, 7) is 1.51. The van der Waals surface area contributed by atoms with Crippen molar-refractivity contribution in [2.75, 3.05) is 20.7 Å². The summed E-state index contributed by atoms with van der Waals surface area (Å²) in [6, 6.07) is 4.09. The molecule has 1 fully saturated rings. The van der Waals surface area contributed by atoms with Crippen LogP contribution in [0.1, 0.15) is 31.2 Å². The van der Waals surface area contributed by atoms with Crippen LogP contribution in [-0.4, -0.2) is 42.2 Å². The Labute approximate surface area is 116 Å². The summed E-state index contributed by atoms with van der Waals surface area (Å²) >= 11 is 0. The maximum Gasteiger partial charge on any atom is 0.0767 e. The molecule has 0 saturated heterocycles. The smallest absolute Gasteiger partial charge is 0.0767 e. The second-order valence-electron chi connectivity index (χ2n) is 5.50. The molecule has 2 atom stereocenters. The van der Waals surface area contributed by atoms with Crippen molar-refractivity contribution in [3.8, 4) is 0 Å². The molecule has 1 aliphatic carbocycles. The number of rotatable bonds is 5. The molecular formula is C15H25N3O. The van der Waals surface area contributed by atoms with E-state index >= 15 is 0 Å². The number of nitrogens with two attached hydrogens (primary N) is 1. The third-order valence-corrected chi connectivity index (χ3v) is 4.47. The minimum Gasteiger partial charge on any atom is -0.379 e.